The first kappa shape index (κ1) is 17.4. The zero-order valence-corrected chi connectivity index (χ0v) is 14.1. The number of cyclic esters (lactones) is 1. The molecule has 1 aliphatic carbocycles. The third kappa shape index (κ3) is 3.75. The quantitative estimate of drug-likeness (QED) is 0.806. The van der Waals surface area contributed by atoms with Crippen LogP contribution >= 0.6 is 0 Å². The lowest BCUT2D eigenvalue weighted by Crippen LogP contribution is -2.34. The van der Waals surface area contributed by atoms with E-state index in [0.717, 1.165) is 0 Å². The Morgan fingerprint density at radius 1 is 1.19 bits per heavy atom. The van der Waals surface area contributed by atoms with Crippen molar-refractivity contribution in [2.24, 2.45) is 5.92 Å². The van der Waals surface area contributed by atoms with E-state index in [0.29, 0.717) is 16.7 Å². The third-order valence-electron chi connectivity index (χ3n) is 4.62. The minimum absolute atomic E-state index is 0.221. The van der Waals surface area contributed by atoms with Gasteiger partial charge in [-0.05, 0) is 29.3 Å². The molecule has 1 saturated heterocycles. The van der Waals surface area contributed by atoms with Gasteiger partial charge in [0.25, 0.3) is 5.92 Å². The number of benzene rings is 1. The minimum Gasteiger partial charge on any atom is -0.439 e. The summed E-state index contributed by atoms with van der Waals surface area (Å²) in [4.78, 5) is 15.9. The lowest BCUT2D eigenvalue weighted by Gasteiger charge is -2.31. The van der Waals surface area contributed by atoms with Crippen LogP contribution in [0.4, 0.5) is 18.0 Å². The fraction of sp³-hybridized carbons (Fsp3) is 0.300. The number of amides is 1. The smallest absolute Gasteiger partial charge is 0.408 e. The molecule has 1 aliphatic heterocycles. The molecule has 4 nitrogen and oxygen atoms in total. The number of ether oxygens (including phenoxy) is 1. The highest BCUT2D eigenvalue weighted by Crippen LogP contribution is 2.42. The maximum absolute atomic E-state index is 13.5. The summed E-state index contributed by atoms with van der Waals surface area (Å²) in [6.45, 7) is 0. The molecule has 2 heterocycles. The Bertz CT molecular complexity index is 943. The van der Waals surface area contributed by atoms with Crippen molar-refractivity contribution in [3.63, 3.8) is 0 Å². The van der Waals surface area contributed by atoms with Crippen LogP contribution in [0.3, 0.4) is 0 Å². The summed E-state index contributed by atoms with van der Waals surface area (Å²) in [7, 11) is 0. The number of hydrogen-bond acceptors (Lipinski definition) is 3. The van der Waals surface area contributed by atoms with E-state index in [1.165, 1.54) is 18.3 Å². The molecular formula is C20H15F3N2O2. The van der Waals surface area contributed by atoms with Crippen LogP contribution < -0.4 is 5.32 Å². The number of hydrogen-bond donors (Lipinski definition) is 1. The van der Waals surface area contributed by atoms with E-state index in [-0.39, 0.29) is 18.8 Å². The molecule has 2 fully saturated rings. The largest absolute Gasteiger partial charge is 0.439 e. The molecule has 0 unspecified atom stereocenters. The Balaban J connectivity index is 1.57. The highest BCUT2D eigenvalue weighted by Gasteiger charge is 2.44. The molecule has 2 aliphatic rings. The number of carbonyl (C=O) groups is 1. The number of alkyl carbamates (subject to hydrolysis) is 1. The molecule has 1 N–H and O–H groups in total. The van der Waals surface area contributed by atoms with Crippen molar-refractivity contribution in [3.05, 3.63) is 65.2 Å². The molecule has 2 aromatic rings. The van der Waals surface area contributed by atoms with Crippen molar-refractivity contribution in [1.29, 1.82) is 0 Å². The molecule has 0 spiro atoms. The Kier molecular flexibility index (Phi) is 4.27. The van der Waals surface area contributed by atoms with E-state index >= 15 is 0 Å². The molecule has 1 aromatic carbocycles. The summed E-state index contributed by atoms with van der Waals surface area (Å²) in [6.07, 6.45) is 1.34. The minimum atomic E-state index is -2.61. The van der Waals surface area contributed by atoms with Crippen LogP contribution in [0, 0.1) is 23.6 Å². The first-order valence-corrected chi connectivity index (χ1v) is 8.47. The predicted molar refractivity (Wildman–Crippen MR) is 90.3 cm³/mol. The molecular weight excluding hydrogens is 357 g/mol. The Morgan fingerprint density at radius 2 is 2.00 bits per heavy atom. The lowest BCUT2D eigenvalue weighted by molar-refractivity contribution is -0.0936. The van der Waals surface area contributed by atoms with Gasteiger partial charge in [-0.15, -0.1) is 0 Å². The first-order chi connectivity index (χ1) is 12.9. The van der Waals surface area contributed by atoms with Gasteiger partial charge in [0, 0.05) is 36.7 Å². The number of carbonyl (C=O) groups excluding carboxylic acids is 1. The van der Waals surface area contributed by atoms with E-state index in [1.54, 1.807) is 24.4 Å². The molecule has 27 heavy (non-hydrogen) atoms. The molecule has 2 atom stereocenters. The van der Waals surface area contributed by atoms with Crippen LogP contribution in [0.2, 0.25) is 0 Å². The number of rotatable bonds is 2. The molecule has 0 radical (unpaired) electrons. The lowest BCUT2D eigenvalue weighted by atomic mass is 9.82. The maximum Gasteiger partial charge on any atom is 0.408 e. The number of nitrogens with zero attached hydrogens (tertiary/aromatic N) is 1. The number of pyridine rings is 1. The van der Waals surface area contributed by atoms with Gasteiger partial charge < -0.3 is 10.1 Å². The Morgan fingerprint density at radius 3 is 2.74 bits per heavy atom. The van der Waals surface area contributed by atoms with Gasteiger partial charge in [0.05, 0.1) is 0 Å². The van der Waals surface area contributed by atoms with Crippen molar-refractivity contribution in [1.82, 2.24) is 10.3 Å². The summed E-state index contributed by atoms with van der Waals surface area (Å²) in [5.74, 6) is 2.34. The van der Waals surface area contributed by atoms with Crippen molar-refractivity contribution in [2.75, 3.05) is 0 Å². The molecule has 1 saturated carbocycles. The van der Waals surface area contributed by atoms with Crippen LogP contribution in [0.1, 0.15) is 41.7 Å². The van der Waals surface area contributed by atoms with Gasteiger partial charge in [-0.1, -0.05) is 24.0 Å². The molecule has 7 heteroatoms. The Labute approximate surface area is 153 Å². The van der Waals surface area contributed by atoms with Gasteiger partial charge in [-0.3, -0.25) is 4.98 Å². The topological polar surface area (TPSA) is 51.2 Å². The summed E-state index contributed by atoms with van der Waals surface area (Å²) >= 11 is 0. The number of halogens is 3. The zero-order chi connectivity index (χ0) is 19.0. The molecule has 1 aromatic heterocycles. The fourth-order valence-electron chi connectivity index (χ4n) is 3.27. The fourth-order valence-corrected chi connectivity index (χ4v) is 3.27. The molecule has 138 valence electrons. The standard InChI is InChI=1S/C20H15F3N2O2/c21-16-3-1-2-14(7-16)18-17(25-19(26)27-18)15-6-12(10-24-11-15)4-5-13-8-20(22,23)9-13/h1-3,6-7,10-11,13,17-18H,8-9H2,(H,25,26)/t17-,18-/m1/s1. The predicted octanol–water partition coefficient (Wildman–Crippen LogP) is 4.14. The summed E-state index contributed by atoms with van der Waals surface area (Å²) in [5, 5.41) is 2.69. The first-order valence-electron chi connectivity index (χ1n) is 8.47. The van der Waals surface area contributed by atoms with Gasteiger partial charge in [0.2, 0.25) is 0 Å². The summed E-state index contributed by atoms with van der Waals surface area (Å²) in [5.41, 5.74) is 1.72. The highest BCUT2D eigenvalue weighted by molar-refractivity contribution is 5.71. The molecule has 0 bridgehead atoms. The van der Waals surface area contributed by atoms with E-state index in [9.17, 15) is 18.0 Å². The molecule has 4 rings (SSSR count). The van der Waals surface area contributed by atoms with Crippen molar-refractivity contribution in [2.45, 2.75) is 30.9 Å². The number of nitrogens with one attached hydrogen (secondary N) is 1. The second-order valence-electron chi connectivity index (χ2n) is 6.74. The highest BCUT2D eigenvalue weighted by atomic mass is 19.3. The zero-order valence-electron chi connectivity index (χ0n) is 14.1. The van der Waals surface area contributed by atoms with E-state index in [2.05, 4.69) is 22.1 Å². The van der Waals surface area contributed by atoms with Gasteiger partial charge in [0.15, 0.2) is 6.10 Å². The van der Waals surface area contributed by atoms with Crippen LogP contribution in [0.5, 0.6) is 0 Å². The monoisotopic (exact) mass is 372 g/mol. The Hall–Kier alpha value is -3.01. The van der Waals surface area contributed by atoms with Gasteiger partial charge in [-0.2, -0.15) is 0 Å². The molecule has 1 amide bonds. The van der Waals surface area contributed by atoms with Crippen LogP contribution in [0.15, 0.2) is 42.7 Å². The SMILES string of the molecule is O=C1N[C@H](c2cncc(C#CC3CC(F)(F)C3)c2)[C@@H](c2cccc(F)c2)O1. The maximum atomic E-state index is 13.5. The van der Waals surface area contributed by atoms with Crippen molar-refractivity contribution in [3.8, 4) is 11.8 Å². The van der Waals surface area contributed by atoms with Crippen molar-refractivity contribution < 1.29 is 22.7 Å². The van der Waals surface area contributed by atoms with Crippen molar-refractivity contribution >= 4 is 6.09 Å². The van der Waals surface area contributed by atoms with Crippen LogP contribution in [0.25, 0.3) is 0 Å². The van der Waals surface area contributed by atoms with Crippen LogP contribution in [-0.2, 0) is 4.74 Å². The summed E-state index contributed by atoms with van der Waals surface area (Å²) < 4.78 is 44.6. The second-order valence-corrected chi connectivity index (χ2v) is 6.74. The van der Waals surface area contributed by atoms with Gasteiger partial charge in [0.1, 0.15) is 11.9 Å². The number of alkyl halides is 2. The van der Waals surface area contributed by atoms with E-state index < -0.39 is 30.0 Å². The second kappa shape index (κ2) is 6.62. The van der Waals surface area contributed by atoms with Crippen LogP contribution in [-0.4, -0.2) is 17.0 Å². The van der Waals surface area contributed by atoms with Gasteiger partial charge >= 0.3 is 6.09 Å². The summed E-state index contributed by atoms with van der Waals surface area (Å²) in [6, 6.07) is 7.01. The normalized spacial score (nSPS) is 23.6. The average molecular weight is 372 g/mol. The van der Waals surface area contributed by atoms with E-state index in [1.807, 2.05) is 0 Å². The average Bonchev–Trinajstić information content (AvgIpc) is 3.00. The number of aromatic nitrogens is 1. The van der Waals surface area contributed by atoms with Gasteiger partial charge in [-0.25, -0.2) is 18.0 Å². The third-order valence-corrected chi connectivity index (χ3v) is 4.62. The van der Waals surface area contributed by atoms with E-state index in [4.69, 9.17) is 4.74 Å².